The molecule has 2 aromatic rings. The molecule has 0 amide bonds. The van der Waals surface area contributed by atoms with Crippen molar-refractivity contribution in [3.8, 4) is 11.4 Å². The van der Waals surface area contributed by atoms with Crippen molar-refractivity contribution in [3.63, 3.8) is 0 Å². The minimum atomic E-state index is 0.359. The number of hydrogen-bond donors (Lipinski definition) is 0. The van der Waals surface area contributed by atoms with Crippen LogP contribution in [0.1, 0.15) is 31.0 Å². The molecule has 16 heavy (non-hydrogen) atoms. The molecule has 0 atom stereocenters. The SMILES string of the molecule is Cc1cscc1-c1nc(Cl)cc(C(C)C)n1. The number of thiophene rings is 1. The lowest BCUT2D eigenvalue weighted by molar-refractivity contribution is 0.817. The van der Waals surface area contributed by atoms with Crippen molar-refractivity contribution in [1.29, 1.82) is 0 Å². The van der Waals surface area contributed by atoms with Gasteiger partial charge in [-0.3, -0.25) is 0 Å². The van der Waals surface area contributed by atoms with Gasteiger partial charge in [-0.2, -0.15) is 11.3 Å². The van der Waals surface area contributed by atoms with Crippen molar-refractivity contribution in [2.75, 3.05) is 0 Å². The summed E-state index contributed by atoms with van der Waals surface area (Å²) in [6.45, 7) is 6.26. The van der Waals surface area contributed by atoms with Crippen LogP contribution >= 0.6 is 22.9 Å². The summed E-state index contributed by atoms with van der Waals surface area (Å²) in [6.07, 6.45) is 0. The van der Waals surface area contributed by atoms with E-state index in [9.17, 15) is 0 Å². The van der Waals surface area contributed by atoms with E-state index < -0.39 is 0 Å². The first kappa shape index (κ1) is 11.6. The minimum absolute atomic E-state index is 0.359. The molecule has 0 aromatic carbocycles. The lowest BCUT2D eigenvalue weighted by Crippen LogP contribution is -1.98. The van der Waals surface area contributed by atoms with E-state index in [2.05, 4.69) is 41.5 Å². The van der Waals surface area contributed by atoms with E-state index in [1.165, 1.54) is 5.56 Å². The Morgan fingerprint density at radius 2 is 2.00 bits per heavy atom. The number of aromatic nitrogens is 2. The van der Waals surface area contributed by atoms with Gasteiger partial charge in [0, 0.05) is 16.6 Å². The van der Waals surface area contributed by atoms with Crippen LogP contribution in [0.5, 0.6) is 0 Å². The summed E-state index contributed by atoms with van der Waals surface area (Å²) in [5, 5.41) is 4.67. The second kappa shape index (κ2) is 4.52. The minimum Gasteiger partial charge on any atom is -0.233 e. The predicted octanol–water partition coefficient (Wildman–Crippen LogP) is 4.29. The average Bonchev–Trinajstić information content (AvgIpc) is 2.63. The van der Waals surface area contributed by atoms with Gasteiger partial charge in [0.25, 0.3) is 0 Å². The zero-order chi connectivity index (χ0) is 11.7. The fraction of sp³-hybridized carbons (Fsp3) is 0.333. The molecule has 2 nitrogen and oxygen atoms in total. The highest BCUT2D eigenvalue weighted by Crippen LogP contribution is 2.26. The smallest absolute Gasteiger partial charge is 0.162 e. The summed E-state index contributed by atoms with van der Waals surface area (Å²) < 4.78 is 0. The van der Waals surface area contributed by atoms with Crippen molar-refractivity contribution in [2.24, 2.45) is 0 Å². The van der Waals surface area contributed by atoms with Crippen LogP contribution in [-0.2, 0) is 0 Å². The van der Waals surface area contributed by atoms with Gasteiger partial charge in [-0.15, -0.1) is 0 Å². The van der Waals surface area contributed by atoms with E-state index in [-0.39, 0.29) is 0 Å². The van der Waals surface area contributed by atoms with Crippen LogP contribution in [0.2, 0.25) is 5.15 Å². The zero-order valence-corrected chi connectivity index (χ0v) is 11.1. The molecule has 0 N–H and O–H groups in total. The molecule has 0 aliphatic rings. The molecule has 0 fully saturated rings. The molecule has 0 aliphatic carbocycles. The van der Waals surface area contributed by atoms with Gasteiger partial charge in [0.05, 0.1) is 0 Å². The lowest BCUT2D eigenvalue weighted by Gasteiger charge is -2.07. The molecule has 0 spiro atoms. The molecule has 2 rings (SSSR count). The van der Waals surface area contributed by atoms with Crippen LogP contribution in [-0.4, -0.2) is 9.97 Å². The summed E-state index contributed by atoms with van der Waals surface area (Å²) in [4.78, 5) is 8.83. The largest absolute Gasteiger partial charge is 0.233 e. The van der Waals surface area contributed by atoms with Crippen LogP contribution in [0, 0.1) is 6.92 Å². The summed E-state index contributed by atoms with van der Waals surface area (Å²) in [7, 11) is 0. The third kappa shape index (κ3) is 2.25. The Bertz CT molecular complexity index is 505. The van der Waals surface area contributed by atoms with Gasteiger partial charge in [0.2, 0.25) is 0 Å². The van der Waals surface area contributed by atoms with Crippen LogP contribution < -0.4 is 0 Å². The maximum atomic E-state index is 6.02. The summed E-state index contributed by atoms with van der Waals surface area (Å²) in [6, 6.07) is 1.83. The molecule has 0 aliphatic heterocycles. The molecule has 2 aromatic heterocycles. The highest BCUT2D eigenvalue weighted by molar-refractivity contribution is 7.08. The number of halogens is 1. The third-order valence-corrected chi connectivity index (χ3v) is 3.46. The van der Waals surface area contributed by atoms with Gasteiger partial charge in [0.15, 0.2) is 5.82 Å². The third-order valence-electron chi connectivity index (χ3n) is 2.40. The van der Waals surface area contributed by atoms with E-state index in [1.807, 2.05) is 6.07 Å². The summed E-state index contributed by atoms with van der Waals surface area (Å²) >= 11 is 7.67. The van der Waals surface area contributed by atoms with Crippen molar-refractivity contribution < 1.29 is 0 Å². The number of aryl methyl sites for hydroxylation is 1. The lowest BCUT2D eigenvalue weighted by atomic mass is 10.1. The van der Waals surface area contributed by atoms with Crippen LogP contribution in [0.3, 0.4) is 0 Å². The second-order valence-corrected chi connectivity index (χ2v) is 5.19. The number of hydrogen-bond acceptors (Lipinski definition) is 3. The highest BCUT2D eigenvalue weighted by Gasteiger charge is 2.10. The zero-order valence-electron chi connectivity index (χ0n) is 9.49. The molecule has 0 unspecified atom stereocenters. The summed E-state index contributed by atoms with van der Waals surface area (Å²) in [5.74, 6) is 1.09. The van der Waals surface area contributed by atoms with E-state index >= 15 is 0 Å². The van der Waals surface area contributed by atoms with Crippen molar-refractivity contribution in [3.05, 3.63) is 33.2 Å². The Balaban J connectivity index is 2.54. The Hall–Kier alpha value is -0.930. The fourth-order valence-corrected chi connectivity index (χ4v) is 2.46. The Morgan fingerprint density at radius 1 is 1.25 bits per heavy atom. The molecular weight excluding hydrogens is 240 g/mol. The van der Waals surface area contributed by atoms with E-state index in [4.69, 9.17) is 11.6 Å². The van der Waals surface area contributed by atoms with Gasteiger partial charge >= 0.3 is 0 Å². The topological polar surface area (TPSA) is 25.8 Å². The monoisotopic (exact) mass is 252 g/mol. The molecule has 0 radical (unpaired) electrons. The van der Waals surface area contributed by atoms with E-state index in [1.54, 1.807) is 11.3 Å². The first-order chi connectivity index (χ1) is 7.58. The van der Waals surface area contributed by atoms with Gasteiger partial charge in [-0.25, -0.2) is 9.97 Å². The van der Waals surface area contributed by atoms with Crippen LogP contribution in [0.15, 0.2) is 16.8 Å². The molecule has 0 saturated heterocycles. The van der Waals surface area contributed by atoms with Gasteiger partial charge in [-0.05, 0) is 29.9 Å². The molecule has 2 heterocycles. The van der Waals surface area contributed by atoms with Crippen molar-refractivity contribution in [2.45, 2.75) is 26.7 Å². The first-order valence-corrected chi connectivity index (χ1v) is 6.47. The predicted molar refractivity (Wildman–Crippen MR) is 69.2 cm³/mol. The van der Waals surface area contributed by atoms with Crippen LogP contribution in [0.4, 0.5) is 0 Å². The molecule has 4 heteroatoms. The van der Waals surface area contributed by atoms with Crippen molar-refractivity contribution >= 4 is 22.9 Å². The molecule has 0 bridgehead atoms. The fourth-order valence-electron chi connectivity index (χ4n) is 1.44. The Kier molecular flexibility index (Phi) is 3.26. The standard InChI is InChI=1S/C12H13ClN2S/c1-7(2)10-4-11(13)15-12(14-10)9-6-16-5-8(9)3/h4-7H,1-3H3. The van der Waals surface area contributed by atoms with E-state index in [0.29, 0.717) is 11.1 Å². The van der Waals surface area contributed by atoms with Gasteiger partial charge in [0.1, 0.15) is 5.15 Å². The second-order valence-electron chi connectivity index (χ2n) is 4.06. The number of rotatable bonds is 2. The van der Waals surface area contributed by atoms with Crippen LogP contribution in [0.25, 0.3) is 11.4 Å². The first-order valence-electron chi connectivity index (χ1n) is 5.15. The maximum absolute atomic E-state index is 6.02. The molecular formula is C12H13ClN2S. The van der Waals surface area contributed by atoms with Crippen molar-refractivity contribution in [1.82, 2.24) is 9.97 Å². The molecule has 84 valence electrons. The quantitative estimate of drug-likeness (QED) is 0.745. The van der Waals surface area contributed by atoms with Gasteiger partial charge in [-0.1, -0.05) is 25.4 Å². The molecule has 0 saturated carbocycles. The van der Waals surface area contributed by atoms with Gasteiger partial charge < -0.3 is 0 Å². The normalized spacial score (nSPS) is 11.1. The Labute approximate surface area is 104 Å². The highest BCUT2D eigenvalue weighted by atomic mass is 35.5. The Morgan fingerprint density at radius 3 is 2.56 bits per heavy atom. The van der Waals surface area contributed by atoms with E-state index in [0.717, 1.165) is 17.1 Å². The summed E-state index contributed by atoms with van der Waals surface area (Å²) in [5.41, 5.74) is 3.26. The maximum Gasteiger partial charge on any atom is 0.162 e. The average molecular weight is 253 g/mol. The number of nitrogens with zero attached hydrogens (tertiary/aromatic N) is 2.